The van der Waals surface area contributed by atoms with Gasteiger partial charge in [0.05, 0.1) is 0 Å². The van der Waals surface area contributed by atoms with E-state index in [1.165, 1.54) is 25.8 Å². The van der Waals surface area contributed by atoms with Gasteiger partial charge in [0, 0.05) is 18.5 Å². The van der Waals surface area contributed by atoms with Crippen molar-refractivity contribution in [2.24, 2.45) is 5.92 Å². The summed E-state index contributed by atoms with van der Waals surface area (Å²) in [5.74, 6) is -0.213. The number of rotatable bonds is 6. The summed E-state index contributed by atoms with van der Waals surface area (Å²) in [6.07, 6.45) is 9.37. The van der Waals surface area contributed by atoms with E-state index >= 15 is 0 Å². The molecule has 96 valence electrons. The topological polar surface area (TPSA) is 40.5 Å². The Bertz CT molecular complexity index is 276. The van der Waals surface area contributed by atoms with Gasteiger partial charge in [-0.3, -0.25) is 9.69 Å². The normalized spacial score (nSPS) is 32.6. The fraction of sp³-hybridized carbons (Fsp3) is 0.786. The highest BCUT2D eigenvalue weighted by Crippen LogP contribution is 2.39. The second kappa shape index (κ2) is 5.67. The molecule has 2 fully saturated rings. The van der Waals surface area contributed by atoms with E-state index in [4.69, 9.17) is 5.11 Å². The van der Waals surface area contributed by atoms with Crippen molar-refractivity contribution >= 4 is 5.97 Å². The lowest BCUT2D eigenvalue weighted by Crippen LogP contribution is -2.43. The van der Waals surface area contributed by atoms with Crippen LogP contribution in [-0.4, -0.2) is 34.6 Å². The molecule has 17 heavy (non-hydrogen) atoms. The van der Waals surface area contributed by atoms with E-state index in [0.717, 1.165) is 19.3 Å². The van der Waals surface area contributed by atoms with E-state index < -0.39 is 5.97 Å². The summed E-state index contributed by atoms with van der Waals surface area (Å²) >= 11 is 0. The van der Waals surface area contributed by atoms with Gasteiger partial charge in [0.2, 0.25) is 0 Å². The van der Waals surface area contributed by atoms with Gasteiger partial charge in [-0.15, -0.1) is 6.58 Å². The van der Waals surface area contributed by atoms with Gasteiger partial charge >= 0.3 is 5.97 Å². The molecule has 2 aliphatic heterocycles. The van der Waals surface area contributed by atoms with Crippen LogP contribution in [0.3, 0.4) is 0 Å². The van der Waals surface area contributed by atoms with Crippen LogP contribution in [0.15, 0.2) is 12.7 Å². The van der Waals surface area contributed by atoms with E-state index in [-0.39, 0.29) is 0 Å². The number of carboxylic acids is 1. The molecule has 0 aromatic heterocycles. The highest BCUT2D eigenvalue weighted by Gasteiger charge is 2.40. The molecule has 2 atom stereocenters. The van der Waals surface area contributed by atoms with Gasteiger partial charge in [0.15, 0.2) is 0 Å². The average molecular weight is 237 g/mol. The van der Waals surface area contributed by atoms with Gasteiger partial charge in [-0.2, -0.15) is 0 Å². The van der Waals surface area contributed by atoms with E-state index in [0.29, 0.717) is 24.4 Å². The molecule has 0 radical (unpaired) electrons. The summed E-state index contributed by atoms with van der Waals surface area (Å²) in [5, 5.41) is 8.87. The molecule has 0 aliphatic carbocycles. The number of fused-ring (bicyclic) bond motifs is 2. The summed E-state index contributed by atoms with van der Waals surface area (Å²) in [4.78, 5) is 13.4. The molecule has 2 unspecified atom stereocenters. The van der Waals surface area contributed by atoms with Gasteiger partial charge in [-0.1, -0.05) is 6.08 Å². The second-order valence-electron chi connectivity index (χ2n) is 5.49. The van der Waals surface area contributed by atoms with Crippen molar-refractivity contribution in [1.29, 1.82) is 0 Å². The predicted octanol–water partition coefficient (Wildman–Crippen LogP) is 2.67. The Morgan fingerprint density at radius 2 is 2.00 bits per heavy atom. The molecule has 0 amide bonds. The molecule has 2 saturated heterocycles. The van der Waals surface area contributed by atoms with Crippen LogP contribution in [0.25, 0.3) is 0 Å². The van der Waals surface area contributed by atoms with Crippen molar-refractivity contribution < 1.29 is 9.90 Å². The molecule has 2 bridgehead atoms. The molecule has 0 saturated carbocycles. The van der Waals surface area contributed by atoms with Crippen LogP contribution < -0.4 is 0 Å². The molecule has 0 spiro atoms. The fourth-order valence-electron chi connectivity index (χ4n) is 3.58. The zero-order valence-corrected chi connectivity index (χ0v) is 10.5. The van der Waals surface area contributed by atoms with Crippen LogP contribution in [0.5, 0.6) is 0 Å². The second-order valence-corrected chi connectivity index (χ2v) is 5.49. The zero-order valence-electron chi connectivity index (χ0n) is 10.5. The first-order valence-corrected chi connectivity index (χ1v) is 6.79. The highest BCUT2D eigenvalue weighted by atomic mass is 16.4. The third-order valence-corrected chi connectivity index (χ3v) is 4.27. The first kappa shape index (κ1) is 12.6. The molecule has 1 N–H and O–H groups in total. The first-order valence-electron chi connectivity index (χ1n) is 6.79. The van der Waals surface area contributed by atoms with Crippen molar-refractivity contribution in [1.82, 2.24) is 4.90 Å². The SMILES string of the molecule is C=CCCCN1C2CCC1CC(CC(=O)O)C2. The van der Waals surface area contributed by atoms with Crippen LogP contribution in [0.2, 0.25) is 0 Å². The molecule has 2 rings (SSSR count). The molecular formula is C14H23NO2. The van der Waals surface area contributed by atoms with Crippen LogP contribution >= 0.6 is 0 Å². The minimum Gasteiger partial charge on any atom is -0.481 e. The maximum atomic E-state index is 10.8. The van der Waals surface area contributed by atoms with E-state index in [2.05, 4.69) is 11.5 Å². The van der Waals surface area contributed by atoms with E-state index in [9.17, 15) is 4.79 Å². The summed E-state index contributed by atoms with van der Waals surface area (Å²) in [7, 11) is 0. The summed E-state index contributed by atoms with van der Waals surface area (Å²) in [5.41, 5.74) is 0. The number of carbonyl (C=O) groups is 1. The van der Waals surface area contributed by atoms with Crippen molar-refractivity contribution in [3.63, 3.8) is 0 Å². The Morgan fingerprint density at radius 1 is 1.35 bits per heavy atom. The van der Waals surface area contributed by atoms with Crippen LogP contribution in [0, 0.1) is 5.92 Å². The Balaban J connectivity index is 1.84. The minimum atomic E-state index is -0.630. The molecule has 3 heteroatoms. The summed E-state index contributed by atoms with van der Waals surface area (Å²) in [6, 6.07) is 1.31. The van der Waals surface area contributed by atoms with Gasteiger partial charge in [-0.25, -0.2) is 0 Å². The molecular weight excluding hydrogens is 214 g/mol. The highest BCUT2D eigenvalue weighted by molar-refractivity contribution is 5.67. The van der Waals surface area contributed by atoms with Gasteiger partial charge < -0.3 is 5.11 Å². The Kier molecular flexibility index (Phi) is 4.21. The quantitative estimate of drug-likeness (QED) is 0.570. The number of carboxylic acid groups (broad SMARTS) is 1. The van der Waals surface area contributed by atoms with Gasteiger partial charge in [0.25, 0.3) is 0 Å². The number of aliphatic carboxylic acids is 1. The monoisotopic (exact) mass is 237 g/mol. The van der Waals surface area contributed by atoms with E-state index in [1.54, 1.807) is 0 Å². The van der Waals surface area contributed by atoms with Crippen molar-refractivity contribution in [2.75, 3.05) is 6.54 Å². The molecule has 2 heterocycles. The van der Waals surface area contributed by atoms with E-state index in [1.807, 2.05) is 6.08 Å². The Morgan fingerprint density at radius 3 is 2.53 bits per heavy atom. The summed E-state index contributed by atoms with van der Waals surface area (Å²) < 4.78 is 0. The lowest BCUT2D eigenvalue weighted by Gasteiger charge is -2.38. The van der Waals surface area contributed by atoms with Crippen molar-refractivity contribution in [3.8, 4) is 0 Å². The number of hydrogen-bond acceptors (Lipinski definition) is 2. The number of nitrogens with zero attached hydrogens (tertiary/aromatic N) is 1. The lowest BCUT2D eigenvalue weighted by atomic mass is 9.88. The third kappa shape index (κ3) is 3.09. The number of piperidine rings is 1. The minimum absolute atomic E-state index is 0.369. The maximum absolute atomic E-state index is 10.8. The van der Waals surface area contributed by atoms with Gasteiger partial charge in [-0.05, 0) is 51.0 Å². The van der Waals surface area contributed by atoms with Crippen molar-refractivity contribution in [2.45, 2.75) is 57.0 Å². The third-order valence-electron chi connectivity index (χ3n) is 4.27. The Hall–Kier alpha value is -0.830. The van der Waals surface area contributed by atoms with Crippen LogP contribution in [0.1, 0.15) is 44.9 Å². The van der Waals surface area contributed by atoms with Crippen LogP contribution in [-0.2, 0) is 4.79 Å². The first-order chi connectivity index (χ1) is 8.20. The maximum Gasteiger partial charge on any atom is 0.303 e. The number of unbranched alkanes of at least 4 members (excludes halogenated alkanes) is 1. The smallest absolute Gasteiger partial charge is 0.303 e. The molecule has 3 nitrogen and oxygen atoms in total. The lowest BCUT2D eigenvalue weighted by molar-refractivity contribution is -0.138. The average Bonchev–Trinajstić information content (AvgIpc) is 2.51. The number of hydrogen-bond donors (Lipinski definition) is 1. The van der Waals surface area contributed by atoms with Gasteiger partial charge in [0.1, 0.15) is 0 Å². The Labute approximate surface area is 103 Å². The largest absolute Gasteiger partial charge is 0.481 e. The fourth-order valence-corrected chi connectivity index (χ4v) is 3.58. The molecule has 0 aromatic rings. The van der Waals surface area contributed by atoms with Crippen LogP contribution in [0.4, 0.5) is 0 Å². The predicted molar refractivity (Wildman–Crippen MR) is 67.9 cm³/mol. The van der Waals surface area contributed by atoms with Crippen molar-refractivity contribution in [3.05, 3.63) is 12.7 Å². The molecule has 2 aliphatic rings. The zero-order chi connectivity index (χ0) is 12.3. The summed E-state index contributed by atoms with van der Waals surface area (Å²) in [6.45, 7) is 4.93. The standard InChI is InChI=1S/C14H23NO2/c1-2-3-4-7-15-12-5-6-13(15)9-11(8-12)10-14(16)17/h2,11-13H,1,3-10H2,(H,16,17). The number of allylic oxidation sites excluding steroid dienone is 1. The molecule has 0 aromatic carbocycles.